The highest BCUT2D eigenvalue weighted by Crippen LogP contribution is 2.22. The van der Waals surface area contributed by atoms with Crippen LogP contribution in [0, 0.1) is 6.92 Å². The van der Waals surface area contributed by atoms with Gasteiger partial charge >= 0.3 is 0 Å². The molecule has 0 fully saturated rings. The van der Waals surface area contributed by atoms with Crippen LogP contribution in [0.4, 0.5) is 0 Å². The lowest BCUT2D eigenvalue weighted by Gasteiger charge is -2.07. The zero-order valence-corrected chi connectivity index (χ0v) is 15.1. The van der Waals surface area contributed by atoms with E-state index >= 15 is 0 Å². The Morgan fingerprint density at radius 2 is 1.96 bits per heavy atom. The number of aromatic amines is 1. The van der Waals surface area contributed by atoms with Crippen LogP contribution < -0.4 is 10.6 Å². The smallest absolute Gasteiger partial charge is 0.271 e. The van der Waals surface area contributed by atoms with E-state index in [1.807, 2.05) is 30.5 Å². The highest BCUT2D eigenvalue weighted by molar-refractivity contribution is 7.13. The number of H-pyrrole nitrogens is 1. The number of nitrogens with one attached hydrogen (secondary N) is 3. The number of thiophene rings is 1. The van der Waals surface area contributed by atoms with Gasteiger partial charge in [0.1, 0.15) is 5.69 Å². The Bertz CT molecular complexity index is 889. The number of carbonyl (C=O) groups excluding carboxylic acids is 2. The first-order chi connectivity index (χ1) is 12.6. The number of carbonyl (C=O) groups is 2. The van der Waals surface area contributed by atoms with Crippen LogP contribution in [0.15, 0.2) is 41.9 Å². The first kappa shape index (κ1) is 17.8. The SMILES string of the molecule is Cc1cccnc1C(=O)NCCCNC(=O)c1cc(-c2cccs2)[nH]n1. The molecule has 0 aliphatic rings. The topological polar surface area (TPSA) is 99.8 Å². The lowest BCUT2D eigenvalue weighted by molar-refractivity contribution is 0.0946. The van der Waals surface area contributed by atoms with Crippen molar-refractivity contribution in [2.45, 2.75) is 13.3 Å². The second kappa shape index (κ2) is 8.39. The van der Waals surface area contributed by atoms with Crippen molar-refractivity contribution < 1.29 is 9.59 Å². The van der Waals surface area contributed by atoms with Crippen LogP contribution in [0.2, 0.25) is 0 Å². The van der Waals surface area contributed by atoms with Gasteiger partial charge in [-0.1, -0.05) is 12.1 Å². The third-order valence-corrected chi connectivity index (χ3v) is 4.65. The minimum absolute atomic E-state index is 0.206. The summed E-state index contributed by atoms with van der Waals surface area (Å²) in [6, 6.07) is 9.27. The lowest BCUT2D eigenvalue weighted by atomic mass is 10.2. The van der Waals surface area contributed by atoms with Crippen molar-refractivity contribution >= 4 is 23.2 Å². The number of aryl methyl sites for hydroxylation is 1. The molecule has 7 nitrogen and oxygen atoms in total. The van der Waals surface area contributed by atoms with Crippen LogP contribution in [-0.2, 0) is 0 Å². The largest absolute Gasteiger partial charge is 0.351 e. The summed E-state index contributed by atoms with van der Waals surface area (Å²) in [7, 11) is 0. The summed E-state index contributed by atoms with van der Waals surface area (Å²) in [6.45, 7) is 2.74. The third kappa shape index (κ3) is 4.34. The minimum Gasteiger partial charge on any atom is -0.351 e. The molecule has 0 unspecified atom stereocenters. The number of rotatable bonds is 7. The van der Waals surface area contributed by atoms with Gasteiger partial charge < -0.3 is 10.6 Å². The van der Waals surface area contributed by atoms with Gasteiger partial charge in [-0.25, -0.2) is 0 Å². The molecule has 0 aliphatic heterocycles. The molecule has 0 aliphatic carbocycles. The Kier molecular flexibility index (Phi) is 5.75. The Balaban J connectivity index is 1.40. The van der Waals surface area contributed by atoms with Gasteiger partial charge in [-0.05, 0) is 42.5 Å². The average molecular weight is 369 g/mol. The van der Waals surface area contributed by atoms with Crippen LogP contribution in [0.25, 0.3) is 10.6 Å². The molecule has 0 atom stereocenters. The number of aromatic nitrogens is 3. The van der Waals surface area contributed by atoms with Gasteiger partial charge in [0.25, 0.3) is 11.8 Å². The molecule has 3 heterocycles. The van der Waals surface area contributed by atoms with Gasteiger partial charge in [0.2, 0.25) is 0 Å². The lowest BCUT2D eigenvalue weighted by Crippen LogP contribution is -2.30. The molecule has 8 heteroatoms. The standard InChI is InChI=1S/C18H19N5O2S/c1-12-5-2-7-19-16(12)18(25)21-9-4-8-20-17(24)14-11-13(22-23-14)15-6-3-10-26-15/h2-3,5-7,10-11H,4,8-9H2,1H3,(H,20,24)(H,21,25)(H,22,23). The van der Waals surface area contributed by atoms with E-state index in [4.69, 9.17) is 0 Å². The quantitative estimate of drug-likeness (QED) is 0.557. The Morgan fingerprint density at radius 3 is 2.69 bits per heavy atom. The molecular formula is C18H19N5O2S. The zero-order chi connectivity index (χ0) is 18.4. The van der Waals surface area contributed by atoms with E-state index in [-0.39, 0.29) is 11.8 Å². The van der Waals surface area contributed by atoms with E-state index in [1.54, 1.807) is 29.7 Å². The molecule has 3 aromatic rings. The third-order valence-electron chi connectivity index (χ3n) is 3.75. The summed E-state index contributed by atoms with van der Waals surface area (Å²) in [5.74, 6) is -0.446. The predicted molar refractivity (Wildman–Crippen MR) is 100 cm³/mol. The van der Waals surface area contributed by atoms with E-state index < -0.39 is 0 Å². The van der Waals surface area contributed by atoms with Crippen LogP contribution in [0.3, 0.4) is 0 Å². The van der Waals surface area contributed by atoms with E-state index in [9.17, 15) is 9.59 Å². The van der Waals surface area contributed by atoms with Crippen molar-refractivity contribution in [3.63, 3.8) is 0 Å². The maximum Gasteiger partial charge on any atom is 0.271 e. The molecule has 0 bridgehead atoms. The molecule has 26 heavy (non-hydrogen) atoms. The van der Waals surface area contributed by atoms with Crippen LogP contribution in [0.5, 0.6) is 0 Å². The minimum atomic E-state index is -0.240. The van der Waals surface area contributed by atoms with Gasteiger partial charge in [-0.3, -0.25) is 19.7 Å². The second-order valence-electron chi connectivity index (χ2n) is 5.68. The van der Waals surface area contributed by atoms with E-state index in [1.165, 1.54) is 0 Å². The maximum absolute atomic E-state index is 12.1. The van der Waals surface area contributed by atoms with Crippen LogP contribution in [-0.4, -0.2) is 40.1 Å². The van der Waals surface area contributed by atoms with Crippen molar-refractivity contribution in [2.75, 3.05) is 13.1 Å². The number of nitrogens with zero attached hydrogens (tertiary/aromatic N) is 2. The van der Waals surface area contributed by atoms with E-state index in [2.05, 4.69) is 25.8 Å². The van der Waals surface area contributed by atoms with Gasteiger partial charge in [0.05, 0.1) is 10.6 Å². The summed E-state index contributed by atoms with van der Waals surface area (Å²) >= 11 is 1.58. The van der Waals surface area contributed by atoms with Crippen molar-refractivity contribution in [1.82, 2.24) is 25.8 Å². The summed E-state index contributed by atoms with van der Waals surface area (Å²) in [4.78, 5) is 29.2. The first-order valence-corrected chi connectivity index (χ1v) is 9.10. The Morgan fingerprint density at radius 1 is 1.15 bits per heavy atom. The van der Waals surface area contributed by atoms with Gasteiger partial charge in [-0.15, -0.1) is 11.3 Å². The van der Waals surface area contributed by atoms with Crippen molar-refractivity contribution in [2.24, 2.45) is 0 Å². The first-order valence-electron chi connectivity index (χ1n) is 8.22. The fourth-order valence-corrected chi connectivity index (χ4v) is 3.08. The zero-order valence-electron chi connectivity index (χ0n) is 14.3. The predicted octanol–water partition coefficient (Wildman–Crippen LogP) is 2.39. The summed E-state index contributed by atoms with van der Waals surface area (Å²) in [5.41, 5.74) is 2.43. The number of pyridine rings is 1. The Labute approximate surface area is 154 Å². The highest BCUT2D eigenvalue weighted by Gasteiger charge is 2.12. The molecule has 0 radical (unpaired) electrons. The van der Waals surface area contributed by atoms with Crippen molar-refractivity contribution in [3.8, 4) is 10.6 Å². The molecule has 0 saturated carbocycles. The van der Waals surface area contributed by atoms with E-state index in [0.717, 1.165) is 16.1 Å². The highest BCUT2D eigenvalue weighted by atomic mass is 32.1. The number of hydrogen-bond acceptors (Lipinski definition) is 5. The molecule has 134 valence electrons. The van der Waals surface area contributed by atoms with Crippen LogP contribution >= 0.6 is 11.3 Å². The summed E-state index contributed by atoms with van der Waals surface area (Å²) in [6.07, 6.45) is 2.21. The summed E-state index contributed by atoms with van der Waals surface area (Å²) < 4.78 is 0. The second-order valence-corrected chi connectivity index (χ2v) is 6.63. The number of amides is 2. The molecule has 2 amide bonds. The van der Waals surface area contributed by atoms with Crippen LogP contribution in [0.1, 0.15) is 33.0 Å². The normalized spacial score (nSPS) is 10.5. The number of hydrogen-bond donors (Lipinski definition) is 3. The molecule has 0 saturated heterocycles. The molecule has 3 aromatic heterocycles. The monoisotopic (exact) mass is 369 g/mol. The molecule has 0 spiro atoms. The Hall–Kier alpha value is -3.00. The fourth-order valence-electron chi connectivity index (χ4n) is 2.39. The van der Waals surface area contributed by atoms with Crippen molar-refractivity contribution in [3.05, 3.63) is 58.9 Å². The maximum atomic E-state index is 12.1. The molecular weight excluding hydrogens is 350 g/mol. The summed E-state index contributed by atoms with van der Waals surface area (Å²) in [5, 5.41) is 14.5. The fraction of sp³-hybridized carbons (Fsp3) is 0.222. The van der Waals surface area contributed by atoms with Gasteiger partial charge in [-0.2, -0.15) is 5.10 Å². The average Bonchev–Trinajstić information content (AvgIpc) is 3.32. The van der Waals surface area contributed by atoms with E-state index in [0.29, 0.717) is 30.9 Å². The molecule has 3 N–H and O–H groups in total. The molecule has 0 aromatic carbocycles. The molecule has 3 rings (SSSR count). The van der Waals surface area contributed by atoms with Gasteiger partial charge in [0.15, 0.2) is 5.69 Å². The van der Waals surface area contributed by atoms with Gasteiger partial charge in [0, 0.05) is 19.3 Å². The van der Waals surface area contributed by atoms with Crippen molar-refractivity contribution in [1.29, 1.82) is 0 Å².